The van der Waals surface area contributed by atoms with Crippen LogP contribution in [-0.2, 0) is 9.53 Å². The average molecular weight is 264 g/mol. The van der Waals surface area contributed by atoms with Crippen molar-refractivity contribution in [3.8, 4) is 0 Å². The second kappa shape index (κ2) is 6.93. The van der Waals surface area contributed by atoms with Gasteiger partial charge in [-0.25, -0.2) is 0 Å². The van der Waals surface area contributed by atoms with E-state index in [1.54, 1.807) is 0 Å². The highest BCUT2D eigenvalue weighted by Gasteiger charge is 2.33. The Labute approximate surface area is 117 Å². The zero-order chi connectivity index (χ0) is 14.5. The van der Waals surface area contributed by atoms with Crippen LogP contribution in [0, 0.1) is 11.3 Å². The number of hydrogen-bond acceptors (Lipinski definition) is 2. The molecule has 1 unspecified atom stereocenters. The van der Waals surface area contributed by atoms with E-state index in [1.807, 2.05) is 0 Å². The predicted molar refractivity (Wildman–Crippen MR) is 79.9 cm³/mol. The van der Waals surface area contributed by atoms with E-state index in [0.29, 0.717) is 17.9 Å². The van der Waals surface area contributed by atoms with Gasteiger partial charge in [0.1, 0.15) is 6.61 Å². The maximum atomic E-state index is 10.9. The van der Waals surface area contributed by atoms with E-state index in [-0.39, 0.29) is 5.97 Å². The summed E-state index contributed by atoms with van der Waals surface area (Å²) in [4.78, 5) is 10.9. The lowest BCUT2D eigenvalue weighted by Gasteiger charge is -2.29. The minimum absolute atomic E-state index is 0.194. The van der Waals surface area contributed by atoms with E-state index in [9.17, 15) is 4.79 Å². The van der Waals surface area contributed by atoms with Crippen molar-refractivity contribution in [3.05, 3.63) is 23.3 Å². The molecule has 19 heavy (non-hydrogen) atoms. The van der Waals surface area contributed by atoms with Crippen LogP contribution >= 0.6 is 0 Å². The van der Waals surface area contributed by atoms with Crippen molar-refractivity contribution in [2.24, 2.45) is 11.3 Å². The number of carbonyl (C=O) groups excluding carboxylic acids is 1. The van der Waals surface area contributed by atoms with Gasteiger partial charge >= 0.3 is 5.97 Å². The fourth-order valence-corrected chi connectivity index (χ4v) is 2.65. The molecule has 0 spiro atoms. The molecule has 0 aromatic heterocycles. The van der Waals surface area contributed by atoms with Gasteiger partial charge in [-0.1, -0.05) is 44.9 Å². The number of ether oxygens (including phenoxy) is 1. The first-order chi connectivity index (χ1) is 8.87. The van der Waals surface area contributed by atoms with Crippen LogP contribution in [0.5, 0.6) is 0 Å². The smallest absolute Gasteiger partial charge is 0.302 e. The summed E-state index contributed by atoms with van der Waals surface area (Å²) in [7, 11) is 0. The normalized spacial score (nSPS) is 22.3. The third kappa shape index (κ3) is 4.52. The van der Waals surface area contributed by atoms with Gasteiger partial charge in [-0.2, -0.15) is 0 Å². The molecule has 0 saturated carbocycles. The molecule has 0 fully saturated rings. The molecule has 0 aromatic carbocycles. The summed E-state index contributed by atoms with van der Waals surface area (Å²) >= 11 is 0. The molecule has 0 heterocycles. The Bertz CT molecular complexity index is 375. The monoisotopic (exact) mass is 264 g/mol. The third-order valence-electron chi connectivity index (χ3n) is 4.47. The molecule has 1 atom stereocenters. The van der Waals surface area contributed by atoms with Crippen LogP contribution in [0.1, 0.15) is 60.3 Å². The van der Waals surface area contributed by atoms with Gasteiger partial charge in [-0.15, -0.1) is 0 Å². The molecule has 108 valence electrons. The van der Waals surface area contributed by atoms with Crippen molar-refractivity contribution in [2.75, 3.05) is 6.61 Å². The van der Waals surface area contributed by atoms with E-state index in [2.05, 4.69) is 39.8 Å². The van der Waals surface area contributed by atoms with Gasteiger partial charge in [0.05, 0.1) is 0 Å². The number of hydrogen-bond donors (Lipinski definition) is 0. The van der Waals surface area contributed by atoms with Crippen LogP contribution in [0.25, 0.3) is 0 Å². The molecule has 1 aliphatic carbocycles. The maximum Gasteiger partial charge on any atom is 0.302 e. The second-order valence-electron chi connectivity index (χ2n) is 6.17. The highest BCUT2D eigenvalue weighted by molar-refractivity contribution is 5.66. The van der Waals surface area contributed by atoms with Gasteiger partial charge in [0.15, 0.2) is 0 Å². The molecule has 2 heteroatoms. The molecule has 0 aliphatic heterocycles. The van der Waals surface area contributed by atoms with Gasteiger partial charge in [-0.3, -0.25) is 4.79 Å². The predicted octanol–water partition coefficient (Wildman–Crippen LogP) is 4.66. The van der Waals surface area contributed by atoms with Crippen LogP contribution in [0.4, 0.5) is 0 Å². The molecule has 0 N–H and O–H groups in total. The summed E-state index contributed by atoms with van der Waals surface area (Å²) in [6.07, 6.45) is 9.03. The third-order valence-corrected chi connectivity index (χ3v) is 4.47. The molecule has 0 radical (unpaired) electrons. The number of rotatable bonds is 6. The van der Waals surface area contributed by atoms with Crippen LogP contribution in [-0.4, -0.2) is 12.6 Å². The minimum atomic E-state index is -0.194. The molecule has 0 bridgehead atoms. The topological polar surface area (TPSA) is 26.3 Å². The van der Waals surface area contributed by atoms with E-state index in [0.717, 1.165) is 19.3 Å². The molecular formula is C17H28O2. The average Bonchev–Trinajstić information content (AvgIpc) is 2.58. The Morgan fingerprint density at radius 3 is 2.68 bits per heavy atom. The van der Waals surface area contributed by atoms with Crippen molar-refractivity contribution in [3.63, 3.8) is 0 Å². The second-order valence-corrected chi connectivity index (χ2v) is 6.17. The Balaban J connectivity index is 2.58. The zero-order valence-electron chi connectivity index (χ0n) is 13.1. The van der Waals surface area contributed by atoms with Gasteiger partial charge < -0.3 is 4.74 Å². The van der Waals surface area contributed by atoms with Crippen molar-refractivity contribution in [2.45, 2.75) is 60.3 Å². The first-order valence-corrected chi connectivity index (χ1v) is 7.36. The first-order valence-electron chi connectivity index (χ1n) is 7.36. The fraction of sp³-hybridized carbons (Fsp3) is 0.706. The highest BCUT2D eigenvalue weighted by Crippen LogP contribution is 2.44. The van der Waals surface area contributed by atoms with Gasteiger partial charge in [-0.05, 0) is 43.1 Å². The Morgan fingerprint density at radius 1 is 1.53 bits per heavy atom. The van der Waals surface area contributed by atoms with E-state index in [4.69, 9.17) is 4.74 Å². The standard InChI is InChI=1S/C17H28O2/c1-6-7-15(12-19-14(3)18)9-11-16-10-8-13(2)17(16,4)5/h8-9,16H,6-7,10-12H2,1-5H3/b15-9+. The lowest BCUT2D eigenvalue weighted by molar-refractivity contribution is -0.140. The number of carbonyl (C=O) groups is 1. The maximum absolute atomic E-state index is 10.9. The molecule has 1 rings (SSSR count). The summed E-state index contributed by atoms with van der Waals surface area (Å²) in [5.74, 6) is 0.484. The lowest BCUT2D eigenvalue weighted by Crippen LogP contribution is -2.20. The first kappa shape index (κ1) is 16.0. The summed E-state index contributed by atoms with van der Waals surface area (Å²) < 4.78 is 5.12. The number of esters is 1. The molecular weight excluding hydrogens is 236 g/mol. The van der Waals surface area contributed by atoms with Crippen LogP contribution in [0.3, 0.4) is 0 Å². The lowest BCUT2D eigenvalue weighted by atomic mass is 9.76. The molecule has 2 nitrogen and oxygen atoms in total. The summed E-state index contributed by atoms with van der Waals surface area (Å²) in [6, 6.07) is 0. The fourth-order valence-electron chi connectivity index (χ4n) is 2.65. The summed E-state index contributed by atoms with van der Waals surface area (Å²) in [6.45, 7) is 11.0. The zero-order valence-corrected chi connectivity index (χ0v) is 13.1. The molecule has 1 aliphatic rings. The quantitative estimate of drug-likeness (QED) is 0.515. The van der Waals surface area contributed by atoms with E-state index < -0.39 is 0 Å². The summed E-state index contributed by atoms with van der Waals surface area (Å²) in [5, 5.41) is 0. The van der Waals surface area contributed by atoms with Crippen molar-refractivity contribution >= 4 is 5.97 Å². The largest absolute Gasteiger partial charge is 0.461 e. The Kier molecular flexibility index (Phi) is 5.84. The molecule has 0 aromatic rings. The Morgan fingerprint density at radius 2 is 2.21 bits per heavy atom. The number of allylic oxidation sites excluding steroid dienone is 3. The Hall–Kier alpha value is -1.05. The van der Waals surface area contributed by atoms with Crippen molar-refractivity contribution in [1.82, 2.24) is 0 Å². The summed E-state index contributed by atoms with van der Waals surface area (Å²) in [5.41, 5.74) is 3.07. The molecule has 0 saturated heterocycles. The van der Waals surface area contributed by atoms with Crippen molar-refractivity contribution in [1.29, 1.82) is 0 Å². The van der Waals surface area contributed by atoms with Gasteiger partial charge in [0.25, 0.3) is 0 Å². The van der Waals surface area contributed by atoms with E-state index >= 15 is 0 Å². The van der Waals surface area contributed by atoms with Gasteiger partial charge in [0.2, 0.25) is 0 Å². The minimum Gasteiger partial charge on any atom is -0.461 e. The van der Waals surface area contributed by atoms with Crippen molar-refractivity contribution < 1.29 is 9.53 Å². The van der Waals surface area contributed by atoms with Gasteiger partial charge in [0, 0.05) is 6.92 Å². The SMILES string of the molecule is CCC/C(=C\CC1CC=C(C)C1(C)C)COC(C)=O. The molecule has 0 amide bonds. The van der Waals surface area contributed by atoms with E-state index in [1.165, 1.54) is 24.5 Å². The highest BCUT2D eigenvalue weighted by atomic mass is 16.5. The van der Waals surface area contributed by atoms with Crippen LogP contribution in [0.15, 0.2) is 23.3 Å². The van der Waals surface area contributed by atoms with Crippen LogP contribution in [0.2, 0.25) is 0 Å². The van der Waals surface area contributed by atoms with Crippen LogP contribution < -0.4 is 0 Å².